The van der Waals surface area contributed by atoms with Crippen LogP contribution < -0.4 is 16.6 Å². The number of carbonyl (C=O) groups excluding carboxylic acids is 1. The molecule has 1 aliphatic carbocycles. The van der Waals surface area contributed by atoms with E-state index in [1.807, 2.05) is 0 Å². The lowest BCUT2D eigenvalue weighted by atomic mass is 9.81. The van der Waals surface area contributed by atoms with Gasteiger partial charge in [0.2, 0.25) is 0 Å². The Morgan fingerprint density at radius 3 is 2.85 bits per heavy atom. The molecule has 0 spiro atoms. The number of carbonyl (C=O) groups is 1. The summed E-state index contributed by atoms with van der Waals surface area (Å²) in [7, 11) is 0. The average Bonchev–Trinajstić information content (AvgIpc) is 2.49. The smallest absolute Gasteiger partial charge is 0.251 e. The third kappa shape index (κ3) is 4.20. The second-order valence-corrected chi connectivity index (χ2v) is 5.74. The number of nitrogen functional groups attached to an aromatic ring is 1. The second kappa shape index (κ2) is 7.24. The molecule has 1 saturated carbocycles. The van der Waals surface area contributed by atoms with E-state index in [-0.39, 0.29) is 5.91 Å². The summed E-state index contributed by atoms with van der Waals surface area (Å²) in [4.78, 5) is 16.0. The minimum Gasteiger partial charge on any atom is -0.352 e. The van der Waals surface area contributed by atoms with Gasteiger partial charge in [-0.2, -0.15) is 0 Å². The van der Waals surface area contributed by atoms with Gasteiger partial charge in [0.25, 0.3) is 5.91 Å². The van der Waals surface area contributed by atoms with Crippen molar-refractivity contribution >= 4 is 11.7 Å². The first kappa shape index (κ1) is 14.8. The van der Waals surface area contributed by atoms with E-state index in [4.69, 9.17) is 5.84 Å². The van der Waals surface area contributed by atoms with Crippen molar-refractivity contribution in [3.8, 4) is 0 Å². The van der Waals surface area contributed by atoms with Crippen LogP contribution in [0.4, 0.5) is 5.82 Å². The summed E-state index contributed by atoms with van der Waals surface area (Å²) in [5.41, 5.74) is 3.03. The predicted molar refractivity (Wildman–Crippen MR) is 80.1 cm³/mol. The fraction of sp³-hybridized carbons (Fsp3) is 0.600. The van der Waals surface area contributed by atoms with Crippen molar-refractivity contribution in [3.05, 3.63) is 23.9 Å². The number of hydrazine groups is 1. The summed E-state index contributed by atoms with van der Waals surface area (Å²) in [6.45, 7) is 3.07. The SMILES string of the molecule is CC1CCC(CCNC(=O)c2ccnc(NN)c2)CC1. The van der Waals surface area contributed by atoms with E-state index in [9.17, 15) is 4.79 Å². The van der Waals surface area contributed by atoms with Crippen LogP contribution in [0.1, 0.15) is 49.4 Å². The fourth-order valence-electron chi connectivity index (χ4n) is 2.76. The molecule has 0 atom stereocenters. The van der Waals surface area contributed by atoms with Gasteiger partial charge in [-0.3, -0.25) is 4.79 Å². The first-order chi connectivity index (χ1) is 9.69. The first-order valence-corrected chi connectivity index (χ1v) is 7.40. The van der Waals surface area contributed by atoms with Crippen LogP contribution in [0.25, 0.3) is 0 Å². The van der Waals surface area contributed by atoms with Crippen molar-refractivity contribution in [3.63, 3.8) is 0 Å². The Morgan fingerprint density at radius 2 is 2.15 bits per heavy atom. The highest BCUT2D eigenvalue weighted by atomic mass is 16.1. The summed E-state index contributed by atoms with van der Waals surface area (Å²) >= 11 is 0. The molecule has 0 radical (unpaired) electrons. The van der Waals surface area contributed by atoms with Crippen molar-refractivity contribution < 1.29 is 4.79 Å². The van der Waals surface area contributed by atoms with Crippen molar-refractivity contribution in [2.75, 3.05) is 12.0 Å². The molecule has 4 N–H and O–H groups in total. The summed E-state index contributed by atoms with van der Waals surface area (Å²) in [5.74, 6) is 7.36. The average molecular weight is 276 g/mol. The number of nitrogens with two attached hydrogens (primary N) is 1. The molecule has 0 saturated heterocycles. The maximum atomic E-state index is 12.0. The molecule has 20 heavy (non-hydrogen) atoms. The number of nitrogens with one attached hydrogen (secondary N) is 2. The van der Waals surface area contributed by atoms with Gasteiger partial charge >= 0.3 is 0 Å². The number of anilines is 1. The van der Waals surface area contributed by atoms with Gasteiger partial charge in [-0.25, -0.2) is 10.8 Å². The molecule has 1 aromatic heterocycles. The van der Waals surface area contributed by atoms with Crippen LogP contribution in [0.5, 0.6) is 0 Å². The maximum absolute atomic E-state index is 12.0. The minimum absolute atomic E-state index is 0.0620. The van der Waals surface area contributed by atoms with Crippen LogP contribution >= 0.6 is 0 Å². The number of rotatable bonds is 5. The summed E-state index contributed by atoms with van der Waals surface area (Å²) in [6.07, 6.45) is 7.90. The van der Waals surface area contributed by atoms with Gasteiger partial charge in [0.05, 0.1) is 0 Å². The van der Waals surface area contributed by atoms with Crippen molar-refractivity contribution in [2.45, 2.75) is 39.0 Å². The van der Waals surface area contributed by atoms with Gasteiger partial charge in [-0.05, 0) is 30.4 Å². The Hall–Kier alpha value is -1.62. The highest BCUT2D eigenvalue weighted by Crippen LogP contribution is 2.29. The summed E-state index contributed by atoms with van der Waals surface area (Å²) in [6, 6.07) is 3.34. The van der Waals surface area contributed by atoms with Crippen LogP contribution in [-0.4, -0.2) is 17.4 Å². The molecule has 0 aliphatic heterocycles. The minimum atomic E-state index is -0.0620. The Kier molecular flexibility index (Phi) is 5.35. The van der Waals surface area contributed by atoms with Crippen molar-refractivity contribution in [2.24, 2.45) is 17.7 Å². The van der Waals surface area contributed by atoms with Crippen LogP contribution in [-0.2, 0) is 0 Å². The molecular formula is C15H24N4O. The predicted octanol–water partition coefficient (Wildman–Crippen LogP) is 2.31. The Morgan fingerprint density at radius 1 is 1.40 bits per heavy atom. The van der Waals surface area contributed by atoms with Crippen LogP contribution in [0.2, 0.25) is 0 Å². The van der Waals surface area contributed by atoms with Gasteiger partial charge < -0.3 is 10.7 Å². The Balaban J connectivity index is 1.74. The number of nitrogens with zero attached hydrogens (tertiary/aromatic N) is 1. The van der Waals surface area contributed by atoms with E-state index in [0.29, 0.717) is 11.4 Å². The number of hydrogen-bond donors (Lipinski definition) is 3. The number of amides is 1. The topological polar surface area (TPSA) is 80.0 Å². The van der Waals surface area contributed by atoms with E-state index in [0.717, 1.165) is 24.8 Å². The largest absolute Gasteiger partial charge is 0.352 e. The van der Waals surface area contributed by atoms with Gasteiger partial charge in [0, 0.05) is 18.3 Å². The molecule has 0 aromatic carbocycles. The van der Waals surface area contributed by atoms with E-state index in [1.54, 1.807) is 18.3 Å². The van der Waals surface area contributed by atoms with Gasteiger partial charge in [0.1, 0.15) is 5.82 Å². The molecule has 110 valence electrons. The highest BCUT2D eigenvalue weighted by molar-refractivity contribution is 5.94. The van der Waals surface area contributed by atoms with Gasteiger partial charge in [0.15, 0.2) is 0 Å². The molecule has 0 bridgehead atoms. The zero-order valence-electron chi connectivity index (χ0n) is 12.1. The highest BCUT2D eigenvalue weighted by Gasteiger charge is 2.18. The Labute approximate surface area is 120 Å². The number of aromatic nitrogens is 1. The quantitative estimate of drug-likeness (QED) is 0.569. The third-order valence-electron chi connectivity index (χ3n) is 4.14. The lowest BCUT2D eigenvalue weighted by Gasteiger charge is -2.26. The number of hydrogen-bond acceptors (Lipinski definition) is 4. The molecule has 1 amide bonds. The lowest BCUT2D eigenvalue weighted by molar-refractivity contribution is 0.0949. The molecule has 1 heterocycles. The van der Waals surface area contributed by atoms with E-state index in [1.165, 1.54) is 25.7 Å². The van der Waals surface area contributed by atoms with E-state index < -0.39 is 0 Å². The number of pyridine rings is 1. The van der Waals surface area contributed by atoms with E-state index in [2.05, 4.69) is 22.7 Å². The molecule has 1 fully saturated rings. The monoisotopic (exact) mass is 276 g/mol. The molecule has 1 aromatic rings. The van der Waals surface area contributed by atoms with E-state index >= 15 is 0 Å². The third-order valence-corrected chi connectivity index (χ3v) is 4.14. The molecule has 1 aliphatic rings. The van der Waals surface area contributed by atoms with Crippen molar-refractivity contribution in [1.82, 2.24) is 10.3 Å². The molecule has 2 rings (SSSR count). The van der Waals surface area contributed by atoms with Crippen LogP contribution in [0.3, 0.4) is 0 Å². The zero-order chi connectivity index (χ0) is 14.4. The molecule has 5 heteroatoms. The summed E-state index contributed by atoms with van der Waals surface area (Å²) < 4.78 is 0. The van der Waals surface area contributed by atoms with Gasteiger partial charge in [-0.15, -0.1) is 0 Å². The van der Waals surface area contributed by atoms with Crippen LogP contribution in [0, 0.1) is 11.8 Å². The van der Waals surface area contributed by atoms with Crippen LogP contribution in [0.15, 0.2) is 18.3 Å². The zero-order valence-corrected chi connectivity index (χ0v) is 12.1. The molecule has 5 nitrogen and oxygen atoms in total. The lowest BCUT2D eigenvalue weighted by Crippen LogP contribution is -2.27. The maximum Gasteiger partial charge on any atom is 0.251 e. The van der Waals surface area contributed by atoms with Gasteiger partial charge in [-0.1, -0.05) is 32.6 Å². The normalized spacial score (nSPS) is 22.3. The standard InChI is InChI=1S/C15H24N4O/c1-11-2-4-12(5-3-11)6-8-18-15(20)13-7-9-17-14(10-13)19-16/h7,9-12H,2-6,8,16H2,1H3,(H,17,19)(H,18,20). The first-order valence-electron chi connectivity index (χ1n) is 7.40. The molecule has 0 unspecified atom stereocenters. The fourth-order valence-corrected chi connectivity index (χ4v) is 2.76. The Bertz CT molecular complexity index is 441. The second-order valence-electron chi connectivity index (χ2n) is 5.74. The molecular weight excluding hydrogens is 252 g/mol. The van der Waals surface area contributed by atoms with Crippen molar-refractivity contribution in [1.29, 1.82) is 0 Å². The summed E-state index contributed by atoms with van der Waals surface area (Å²) in [5, 5.41) is 2.97.